The number of aryl methyl sites for hydroxylation is 2. The average Bonchev–Trinajstić information content (AvgIpc) is 2.94. The van der Waals surface area contributed by atoms with Gasteiger partial charge in [0.05, 0.1) is 6.04 Å². The predicted molar refractivity (Wildman–Crippen MR) is 131 cm³/mol. The molecule has 2 atom stereocenters. The summed E-state index contributed by atoms with van der Waals surface area (Å²) in [6.45, 7) is 10.5. The van der Waals surface area contributed by atoms with Crippen LogP contribution in [0.25, 0.3) is 5.69 Å². The van der Waals surface area contributed by atoms with E-state index in [1.165, 1.54) is 4.90 Å². The van der Waals surface area contributed by atoms with Gasteiger partial charge in [-0.2, -0.15) is 0 Å². The molecule has 3 aliphatic heterocycles. The minimum absolute atomic E-state index is 0.270. The van der Waals surface area contributed by atoms with E-state index in [0.29, 0.717) is 6.42 Å². The fourth-order valence-electron chi connectivity index (χ4n) is 6.25. The Labute approximate surface area is 201 Å². The van der Waals surface area contributed by atoms with Crippen LogP contribution in [-0.4, -0.2) is 45.4 Å². The van der Waals surface area contributed by atoms with Crippen molar-refractivity contribution in [2.75, 3.05) is 11.4 Å². The minimum atomic E-state index is -1.32. The van der Waals surface area contributed by atoms with Crippen molar-refractivity contribution in [1.82, 2.24) is 14.8 Å². The summed E-state index contributed by atoms with van der Waals surface area (Å²) >= 11 is 0. The molecule has 2 aromatic rings. The van der Waals surface area contributed by atoms with Crippen LogP contribution in [-0.2, 0) is 16.0 Å². The SMILES string of the molecule is Cc1ccc(C)n1-c1ccc2c(c1)CC1(C(=O)NC(=O)N(C(C)(C)C)C1=O)C1CCCCCN21. The van der Waals surface area contributed by atoms with Crippen LogP contribution in [0.2, 0.25) is 0 Å². The molecule has 0 aliphatic carbocycles. The molecular weight excluding hydrogens is 428 g/mol. The molecule has 5 rings (SSSR count). The molecule has 1 aromatic carbocycles. The number of hydrogen-bond donors (Lipinski definition) is 1. The largest absolute Gasteiger partial charge is 0.367 e. The first-order valence-electron chi connectivity index (χ1n) is 12.3. The van der Waals surface area contributed by atoms with Gasteiger partial charge >= 0.3 is 6.03 Å². The minimum Gasteiger partial charge on any atom is -0.367 e. The Bertz CT molecular complexity index is 1170. The molecule has 0 radical (unpaired) electrons. The van der Waals surface area contributed by atoms with E-state index in [1.807, 2.05) is 20.8 Å². The Balaban J connectivity index is 1.70. The number of imide groups is 2. The summed E-state index contributed by atoms with van der Waals surface area (Å²) in [6, 6.07) is 9.69. The van der Waals surface area contributed by atoms with E-state index in [2.05, 4.69) is 59.0 Å². The van der Waals surface area contributed by atoms with Gasteiger partial charge in [-0.15, -0.1) is 0 Å². The maximum absolute atomic E-state index is 14.2. The summed E-state index contributed by atoms with van der Waals surface area (Å²) in [4.78, 5) is 44.2. The van der Waals surface area contributed by atoms with Crippen molar-refractivity contribution in [3.8, 4) is 5.69 Å². The zero-order chi connectivity index (χ0) is 24.4. The van der Waals surface area contributed by atoms with Gasteiger partial charge in [-0.3, -0.25) is 19.8 Å². The van der Waals surface area contributed by atoms with E-state index in [9.17, 15) is 14.4 Å². The molecule has 180 valence electrons. The van der Waals surface area contributed by atoms with Crippen LogP contribution in [0.1, 0.15) is 63.4 Å². The van der Waals surface area contributed by atoms with Crippen LogP contribution in [0.5, 0.6) is 0 Å². The third-order valence-electron chi connectivity index (χ3n) is 7.78. The molecule has 3 aliphatic rings. The second-order valence-corrected chi connectivity index (χ2v) is 11.0. The van der Waals surface area contributed by atoms with Crippen molar-refractivity contribution in [3.05, 3.63) is 47.3 Å². The maximum atomic E-state index is 14.2. The van der Waals surface area contributed by atoms with Crippen molar-refractivity contribution in [3.63, 3.8) is 0 Å². The van der Waals surface area contributed by atoms with E-state index in [1.54, 1.807) is 0 Å². The smallest absolute Gasteiger partial charge is 0.331 e. The zero-order valence-electron chi connectivity index (χ0n) is 20.8. The lowest BCUT2D eigenvalue weighted by molar-refractivity contribution is -0.156. The first kappa shape index (κ1) is 22.7. The van der Waals surface area contributed by atoms with Gasteiger partial charge in [0.1, 0.15) is 0 Å². The molecule has 0 bridgehead atoms. The molecule has 7 nitrogen and oxygen atoms in total. The van der Waals surface area contributed by atoms with Crippen LogP contribution in [0.15, 0.2) is 30.3 Å². The monoisotopic (exact) mass is 462 g/mol. The number of carbonyl (C=O) groups is 3. The summed E-state index contributed by atoms with van der Waals surface area (Å²) in [6.07, 6.45) is 4.09. The molecule has 2 saturated heterocycles. The molecule has 2 fully saturated rings. The van der Waals surface area contributed by atoms with Crippen molar-refractivity contribution in [2.24, 2.45) is 5.41 Å². The topological polar surface area (TPSA) is 74.6 Å². The van der Waals surface area contributed by atoms with Gasteiger partial charge in [0.25, 0.3) is 0 Å². The number of carbonyl (C=O) groups excluding carboxylic acids is 3. The number of amides is 4. The van der Waals surface area contributed by atoms with Gasteiger partial charge in [-0.1, -0.05) is 12.8 Å². The molecule has 2 unspecified atom stereocenters. The first-order chi connectivity index (χ1) is 16.1. The Kier molecular flexibility index (Phi) is 5.15. The van der Waals surface area contributed by atoms with E-state index < -0.39 is 22.9 Å². The number of aromatic nitrogens is 1. The molecule has 34 heavy (non-hydrogen) atoms. The number of benzene rings is 1. The highest BCUT2D eigenvalue weighted by Gasteiger charge is 2.63. The highest BCUT2D eigenvalue weighted by atomic mass is 16.2. The molecule has 7 heteroatoms. The predicted octanol–water partition coefficient (Wildman–Crippen LogP) is 4.26. The Hall–Kier alpha value is -3.09. The Morgan fingerprint density at radius 3 is 2.35 bits per heavy atom. The molecule has 1 spiro atoms. The molecule has 1 aromatic heterocycles. The highest BCUT2D eigenvalue weighted by molar-refractivity contribution is 6.20. The average molecular weight is 463 g/mol. The van der Waals surface area contributed by atoms with Crippen molar-refractivity contribution >= 4 is 23.5 Å². The van der Waals surface area contributed by atoms with Gasteiger partial charge in [0.2, 0.25) is 11.8 Å². The summed E-state index contributed by atoms with van der Waals surface area (Å²) in [5.74, 6) is -0.820. The molecular formula is C27H34N4O3. The van der Waals surface area contributed by atoms with Crippen molar-refractivity contribution in [2.45, 2.75) is 78.3 Å². The second kappa shape index (κ2) is 7.72. The summed E-state index contributed by atoms with van der Waals surface area (Å²) < 4.78 is 2.19. The van der Waals surface area contributed by atoms with E-state index in [-0.39, 0.29) is 11.9 Å². The number of urea groups is 1. The number of nitrogens with zero attached hydrogens (tertiary/aromatic N) is 3. The lowest BCUT2D eigenvalue weighted by Crippen LogP contribution is -2.74. The maximum Gasteiger partial charge on any atom is 0.331 e. The molecule has 4 amide bonds. The fourth-order valence-corrected chi connectivity index (χ4v) is 6.25. The number of nitrogens with one attached hydrogen (secondary N) is 1. The van der Waals surface area contributed by atoms with Crippen LogP contribution in [0, 0.1) is 19.3 Å². The lowest BCUT2D eigenvalue weighted by atomic mass is 9.67. The van der Waals surface area contributed by atoms with Gasteiger partial charge < -0.3 is 9.47 Å². The van der Waals surface area contributed by atoms with Crippen molar-refractivity contribution < 1.29 is 14.4 Å². The van der Waals surface area contributed by atoms with Crippen LogP contribution < -0.4 is 10.2 Å². The normalized spacial score (nSPS) is 25.2. The van der Waals surface area contributed by atoms with E-state index in [0.717, 1.165) is 60.6 Å². The second-order valence-electron chi connectivity index (χ2n) is 11.0. The highest BCUT2D eigenvalue weighted by Crippen LogP contribution is 2.48. The standard InChI is InChI=1S/C27H34N4O3/c1-17-10-11-18(2)30(17)20-12-13-21-19(15-20)16-27(22-9-7-6-8-14-29(21)22)23(32)28-25(34)31(24(27)33)26(3,4)5/h10-13,15,22H,6-9,14,16H2,1-5H3,(H,28,32,34). The van der Waals surface area contributed by atoms with Gasteiger partial charge in [0, 0.05) is 34.8 Å². The lowest BCUT2D eigenvalue weighted by Gasteiger charge is -2.53. The number of rotatable bonds is 1. The summed E-state index contributed by atoms with van der Waals surface area (Å²) in [5, 5.41) is 2.57. The Morgan fingerprint density at radius 1 is 0.971 bits per heavy atom. The number of anilines is 1. The molecule has 4 heterocycles. The zero-order valence-corrected chi connectivity index (χ0v) is 20.8. The van der Waals surface area contributed by atoms with Crippen LogP contribution >= 0.6 is 0 Å². The number of barbiturate groups is 1. The Morgan fingerprint density at radius 2 is 1.68 bits per heavy atom. The van der Waals surface area contributed by atoms with Crippen molar-refractivity contribution in [1.29, 1.82) is 0 Å². The van der Waals surface area contributed by atoms with Gasteiger partial charge in [0.15, 0.2) is 5.41 Å². The van der Waals surface area contributed by atoms with Gasteiger partial charge in [-0.05, 0) is 89.8 Å². The number of hydrogen-bond acceptors (Lipinski definition) is 4. The molecule has 0 saturated carbocycles. The van der Waals surface area contributed by atoms with Gasteiger partial charge in [-0.25, -0.2) is 4.79 Å². The third kappa shape index (κ3) is 3.20. The van der Waals surface area contributed by atoms with E-state index in [4.69, 9.17) is 0 Å². The van der Waals surface area contributed by atoms with E-state index >= 15 is 0 Å². The fraction of sp³-hybridized carbons (Fsp3) is 0.519. The first-order valence-corrected chi connectivity index (χ1v) is 12.3. The number of fused-ring (bicyclic) bond motifs is 4. The summed E-state index contributed by atoms with van der Waals surface area (Å²) in [5.41, 5.74) is 3.32. The third-order valence-corrected chi connectivity index (χ3v) is 7.78. The molecule has 1 N–H and O–H groups in total. The quantitative estimate of drug-likeness (QED) is 0.643. The van der Waals surface area contributed by atoms with Crippen LogP contribution in [0.4, 0.5) is 10.5 Å². The van der Waals surface area contributed by atoms with Crippen LogP contribution in [0.3, 0.4) is 0 Å². The summed E-state index contributed by atoms with van der Waals surface area (Å²) in [7, 11) is 0.